The van der Waals surface area contributed by atoms with Crippen LogP contribution in [0.5, 0.6) is 5.75 Å². The molecule has 7 nitrogen and oxygen atoms in total. The van der Waals surface area contributed by atoms with Crippen molar-refractivity contribution in [3.05, 3.63) is 24.3 Å². The van der Waals surface area contributed by atoms with Gasteiger partial charge in [0.25, 0.3) is 0 Å². The van der Waals surface area contributed by atoms with E-state index in [1.165, 1.54) is 23.1 Å². The average Bonchev–Trinajstić information content (AvgIpc) is 3.07. The molecule has 134 valence electrons. The highest BCUT2D eigenvalue weighted by atomic mass is 32.2. The molecule has 25 heavy (non-hydrogen) atoms. The normalized spacial score (nSPS) is 11.6. The van der Waals surface area contributed by atoms with Crippen molar-refractivity contribution in [2.45, 2.75) is 24.6 Å². The number of carbonyl (C=O) groups excluding carboxylic acids is 2. The number of carbonyl (C=O) groups is 2. The number of anilines is 2. The molecule has 1 atom stereocenters. The maximum Gasteiger partial charge on any atom is 0.234 e. The Morgan fingerprint density at radius 1 is 1.24 bits per heavy atom. The van der Waals surface area contributed by atoms with Crippen LogP contribution in [0.3, 0.4) is 0 Å². The number of rotatable bonds is 8. The van der Waals surface area contributed by atoms with Crippen LogP contribution in [0, 0.1) is 5.92 Å². The summed E-state index contributed by atoms with van der Waals surface area (Å²) in [6, 6.07) is 7.10. The highest BCUT2D eigenvalue weighted by Crippen LogP contribution is 2.26. The molecule has 2 rings (SSSR count). The fourth-order valence-electron chi connectivity index (χ4n) is 1.73. The lowest BCUT2D eigenvalue weighted by molar-refractivity contribution is -0.119. The first kappa shape index (κ1) is 19.2. The second-order valence-electron chi connectivity index (χ2n) is 5.24. The molecule has 0 saturated heterocycles. The summed E-state index contributed by atoms with van der Waals surface area (Å²) in [5, 5.41) is 13.9. The summed E-state index contributed by atoms with van der Waals surface area (Å²) in [5.41, 5.74) is 0.699. The molecule has 0 aliphatic rings. The lowest BCUT2D eigenvalue weighted by Gasteiger charge is -2.06. The lowest BCUT2D eigenvalue weighted by Crippen LogP contribution is -2.19. The number of methoxy groups -OCH3 is 1. The van der Waals surface area contributed by atoms with E-state index >= 15 is 0 Å². The van der Waals surface area contributed by atoms with E-state index in [4.69, 9.17) is 4.74 Å². The van der Waals surface area contributed by atoms with E-state index < -0.39 is 0 Å². The van der Waals surface area contributed by atoms with Gasteiger partial charge in [0.2, 0.25) is 16.9 Å². The monoisotopic (exact) mass is 380 g/mol. The molecule has 0 fully saturated rings. The van der Waals surface area contributed by atoms with Gasteiger partial charge in [0.15, 0.2) is 4.34 Å². The number of hydrogen-bond acceptors (Lipinski definition) is 7. The molecule has 0 spiro atoms. The van der Waals surface area contributed by atoms with Crippen LogP contribution in [0.1, 0.15) is 20.3 Å². The van der Waals surface area contributed by atoms with Gasteiger partial charge in [-0.1, -0.05) is 36.9 Å². The van der Waals surface area contributed by atoms with Gasteiger partial charge in [-0.2, -0.15) is 0 Å². The van der Waals surface area contributed by atoms with E-state index in [2.05, 4.69) is 20.8 Å². The first-order valence-corrected chi connectivity index (χ1v) is 9.53. The molecule has 0 bridgehead atoms. The van der Waals surface area contributed by atoms with Crippen LogP contribution < -0.4 is 15.4 Å². The Bertz CT molecular complexity index is 718. The summed E-state index contributed by atoms with van der Waals surface area (Å²) in [6.45, 7) is 3.81. The van der Waals surface area contributed by atoms with Crippen molar-refractivity contribution in [1.29, 1.82) is 0 Å². The number of hydrogen-bond donors (Lipinski definition) is 2. The van der Waals surface area contributed by atoms with Gasteiger partial charge in [0.05, 0.1) is 12.9 Å². The van der Waals surface area contributed by atoms with E-state index in [0.29, 0.717) is 15.2 Å². The van der Waals surface area contributed by atoms with Crippen molar-refractivity contribution in [2.24, 2.45) is 5.92 Å². The van der Waals surface area contributed by atoms with E-state index in [9.17, 15) is 9.59 Å². The van der Waals surface area contributed by atoms with Crippen LogP contribution in [-0.4, -0.2) is 34.9 Å². The molecule has 0 radical (unpaired) electrons. The summed E-state index contributed by atoms with van der Waals surface area (Å²) < 4.78 is 5.70. The summed E-state index contributed by atoms with van der Waals surface area (Å²) in [5.74, 6) is 0.645. The number of amides is 2. The van der Waals surface area contributed by atoms with Gasteiger partial charge in [-0.05, 0) is 30.7 Å². The first-order valence-electron chi connectivity index (χ1n) is 7.73. The molecule has 1 unspecified atom stereocenters. The molecule has 0 aliphatic carbocycles. The maximum atomic E-state index is 12.0. The SMILES string of the molecule is CCC(C)C(=O)Nc1nnc(SCC(=O)Nc2ccc(OC)cc2)s1. The summed E-state index contributed by atoms with van der Waals surface area (Å²) in [7, 11) is 1.59. The minimum atomic E-state index is -0.143. The molecule has 2 amide bonds. The topological polar surface area (TPSA) is 93.2 Å². The molecular formula is C16H20N4O3S2. The van der Waals surface area contributed by atoms with Crippen molar-refractivity contribution in [3.8, 4) is 5.75 Å². The van der Waals surface area contributed by atoms with Crippen LogP contribution in [0.2, 0.25) is 0 Å². The van der Waals surface area contributed by atoms with E-state index in [1.807, 2.05) is 13.8 Å². The van der Waals surface area contributed by atoms with Gasteiger partial charge in [-0.25, -0.2) is 0 Å². The third-order valence-electron chi connectivity index (χ3n) is 3.40. The van der Waals surface area contributed by atoms with Crippen molar-refractivity contribution in [3.63, 3.8) is 0 Å². The summed E-state index contributed by atoms with van der Waals surface area (Å²) in [6.07, 6.45) is 0.762. The minimum absolute atomic E-state index is 0.0738. The summed E-state index contributed by atoms with van der Waals surface area (Å²) >= 11 is 2.53. The zero-order chi connectivity index (χ0) is 18.2. The molecule has 0 aliphatic heterocycles. The predicted octanol–water partition coefficient (Wildman–Crippen LogP) is 3.26. The number of benzene rings is 1. The quantitative estimate of drug-likeness (QED) is 0.539. The Hall–Kier alpha value is -2.13. The first-order chi connectivity index (χ1) is 12.0. The smallest absolute Gasteiger partial charge is 0.234 e. The van der Waals surface area contributed by atoms with Gasteiger partial charge in [-0.15, -0.1) is 10.2 Å². The van der Waals surface area contributed by atoms with Gasteiger partial charge in [-0.3, -0.25) is 9.59 Å². The van der Waals surface area contributed by atoms with Crippen LogP contribution in [0.15, 0.2) is 28.6 Å². The van der Waals surface area contributed by atoms with Gasteiger partial charge < -0.3 is 15.4 Å². The maximum absolute atomic E-state index is 12.0. The van der Waals surface area contributed by atoms with Crippen molar-refractivity contribution in [1.82, 2.24) is 10.2 Å². The Balaban J connectivity index is 1.80. The van der Waals surface area contributed by atoms with Crippen LogP contribution in [-0.2, 0) is 9.59 Å². The Morgan fingerprint density at radius 2 is 1.96 bits per heavy atom. The lowest BCUT2D eigenvalue weighted by atomic mass is 10.1. The minimum Gasteiger partial charge on any atom is -0.497 e. The number of nitrogens with one attached hydrogen (secondary N) is 2. The van der Waals surface area contributed by atoms with Crippen molar-refractivity contribution < 1.29 is 14.3 Å². The number of aromatic nitrogens is 2. The Kier molecular flexibility index (Phi) is 7.20. The highest BCUT2D eigenvalue weighted by Gasteiger charge is 2.14. The highest BCUT2D eigenvalue weighted by molar-refractivity contribution is 8.01. The Labute approximate surface area is 154 Å². The zero-order valence-corrected chi connectivity index (χ0v) is 15.9. The molecule has 0 saturated carbocycles. The van der Waals surface area contributed by atoms with Crippen molar-refractivity contribution in [2.75, 3.05) is 23.5 Å². The van der Waals surface area contributed by atoms with Crippen LogP contribution in [0.4, 0.5) is 10.8 Å². The number of thioether (sulfide) groups is 1. The number of ether oxygens (including phenoxy) is 1. The molecule has 2 N–H and O–H groups in total. The second kappa shape index (κ2) is 9.38. The van der Waals surface area contributed by atoms with Crippen LogP contribution in [0.25, 0.3) is 0 Å². The predicted molar refractivity (Wildman–Crippen MR) is 100 cm³/mol. The fourth-order valence-corrected chi connectivity index (χ4v) is 3.29. The number of nitrogens with zero attached hydrogens (tertiary/aromatic N) is 2. The molecule has 1 aromatic carbocycles. The molecule has 1 aromatic heterocycles. The van der Waals surface area contributed by atoms with Gasteiger partial charge in [0, 0.05) is 11.6 Å². The third-order valence-corrected chi connectivity index (χ3v) is 5.37. The average molecular weight is 380 g/mol. The van der Waals surface area contributed by atoms with E-state index in [0.717, 1.165) is 12.2 Å². The Morgan fingerprint density at radius 3 is 2.60 bits per heavy atom. The van der Waals surface area contributed by atoms with Crippen LogP contribution >= 0.6 is 23.1 Å². The van der Waals surface area contributed by atoms with E-state index in [1.54, 1.807) is 31.4 Å². The van der Waals surface area contributed by atoms with Gasteiger partial charge in [0.1, 0.15) is 5.75 Å². The molecular weight excluding hydrogens is 360 g/mol. The largest absolute Gasteiger partial charge is 0.497 e. The molecule has 9 heteroatoms. The van der Waals surface area contributed by atoms with E-state index in [-0.39, 0.29) is 23.5 Å². The molecule has 1 heterocycles. The molecule has 2 aromatic rings. The third kappa shape index (κ3) is 6.02. The second-order valence-corrected chi connectivity index (χ2v) is 7.44. The summed E-state index contributed by atoms with van der Waals surface area (Å²) in [4.78, 5) is 23.8. The standard InChI is InChI=1S/C16H20N4O3S2/c1-4-10(2)14(22)18-15-19-20-16(25-15)24-9-13(21)17-11-5-7-12(23-3)8-6-11/h5-8,10H,4,9H2,1-3H3,(H,17,21)(H,18,19,22). The fraction of sp³-hybridized carbons (Fsp3) is 0.375. The van der Waals surface area contributed by atoms with Crippen molar-refractivity contribution >= 4 is 45.7 Å². The zero-order valence-electron chi connectivity index (χ0n) is 14.2. The van der Waals surface area contributed by atoms with Gasteiger partial charge >= 0.3 is 0 Å².